The maximum atomic E-state index is 12.3. The molecule has 5 nitrogen and oxygen atoms in total. The van der Waals surface area contributed by atoms with Crippen LogP contribution in [0.15, 0.2) is 0 Å². The lowest BCUT2D eigenvalue weighted by Gasteiger charge is -2.30. The van der Waals surface area contributed by atoms with Crippen LogP contribution in [0.5, 0.6) is 0 Å². The minimum absolute atomic E-state index is 0.0238. The summed E-state index contributed by atoms with van der Waals surface area (Å²) in [5.41, 5.74) is 0. The molecular weight excluding hydrogens is 268 g/mol. The molecule has 1 fully saturated rings. The fourth-order valence-corrected chi connectivity index (χ4v) is 2.76. The van der Waals surface area contributed by atoms with Crippen LogP contribution in [0.1, 0.15) is 65.2 Å². The largest absolute Gasteiger partial charge is 0.481 e. The third-order valence-corrected chi connectivity index (χ3v) is 4.25. The molecule has 0 bridgehead atoms. The summed E-state index contributed by atoms with van der Waals surface area (Å²) in [5, 5.41) is 12.1. The van der Waals surface area contributed by atoms with Crippen LogP contribution in [0.4, 0.5) is 4.79 Å². The normalized spacial score (nSPS) is 21.8. The maximum absolute atomic E-state index is 12.3. The summed E-state index contributed by atoms with van der Waals surface area (Å²) in [6, 6.07) is 0.162. The first-order valence-electron chi connectivity index (χ1n) is 8.36. The van der Waals surface area contributed by atoms with Crippen LogP contribution in [-0.2, 0) is 4.79 Å². The number of amides is 2. The summed E-state index contributed by atoms with van der Waals surface area (Å²) in [4.78, 5) is 25.2. The molecule has 0 aromatic heterocycles. The van der Waals surface area contributed by atoms with E-state index >= 15 is 0 Å². The Balaban J connectivity index is 2.40. The summed E-state index contributed by atoms with van der Waals surface area (Å²) in [5.74, 6) is -0.929. The quantitative estimate of drug-likeness (QED) is 0.722. The smallest absolute Gasteiger partial charge is 0.317 e. The second-order valence-corrected chi connectivity index (χ2v) is 6.03. The molecule has 21 heavy (non-hydrogen) atoms. The molecule has 2 amide bonds. The molecule has 0 radical (unpaired) electrons. The van der Waals surface area contributed by atoms with E-state index in [4.69, 9.17) is 5.11 Å². The monoisotopic (exact) mass is 298 g/mol. The van der Waals surface area contributed by atoms with Gasteiger partial charge < -0.3 is 15.3 Å². The number of unbranched alkanes of at least 4 members (excludes halogenated alkanes) is 2. The van der Waals surface area contributed by atoms with Gasteiger partial charge in [-0.1, -0.05) is 26.7 Å². The summed E-state index contributed by atoms with van der Waals surface area (Å²) < 4.78 is 0. The van der Waals surface area contributed by atoms with Crippen molar-refractivity contribution in [3.63, 3.8) is 0 Å². The molecule has 5 heteroatoms. The Labute approximate surface area is 128 Å². The third-order valence-electron chi connectivity index (χ3n) is 4.25. The van der Waals surface area contributed by atoms with Crippen LogP contribution in [0.25, 0.3) is 0 Å². The molecule has 0 atom stereocenters. The summed E-state index contributed by atoms with van der Waals surface area (Å²) in [6.07, 6.45) is 7.12. The standard InChI is InChI=1S/C16H30N2O3/c1-3-5-11-18(12-6-4-2)16(21)17-14-9-7-13(8-10-14)15(19)20/h13-14H,3-12H2,1-2H3,(H,17,21)(H,19,20). The van der Waals surface area contributed by atoms with Gasteiger partial charge in [-0.3, -0.25) is 4.79 Å². The van der Waals surface area contributed by atoms with Crippen LogP contribution in [-0.4, -0.2) is 41.1 Å². The number of carbonyl (C=O) groups is 2. The van der Waals surface area contributed by atoms with Crippen molar-refractivity contribution in [2.24, 2.45) is 5.92 Å². The number of nitrogens with one attached hydrogen (secondary N) is 1. The molecule has 0 saturated heterocycles. The highest BCUT2D eigenvalue weighted by molar-refractivity contribution is 5.74. The van der Waals surface area contributed by atoms with E-state index in [9.17, 15) is 9.59 Å². The maximum Gasteiger partial charge on any atom is 0.317 e. The molecule has 0 aliphatic heterocycles. The first kappa shape index (κ1) is 17.8. The van der Waals surface area contributed by atoms with Crippen molar-refractivity contribution in [3.8, 4) is 0 Å². The van der Waals surface area contributed by atoms with Crippen LogP contribution in [0.2, 0.25) is 0 Å². The Kier molecular flexibility index (Phi) is 8.16. The topological polar surface area (TPSA) is 69.6 Å². The molecule has 0 spiro atoms. The van der Waals surface area contributed by atoms with Crippen LogP contribution in [0, 0.1) is 5.92 Å². The molecule has 1 rings (SSSR count). The van der Waals surface area contributed by atoms with Gasteiger partial charge in [-0.15, -0.1) is 0 Å². The first-order valence-corrected chi connectivity index (χ1v) is 8.36. The SMILES string of the molecule is CCCCN(CCCC)C(=O)NC1CCC(C(=O)O)CC1. The van der Waals surface area contributed by atoms with Gasteiger partial charge in [0, 0.05) is 19.1 Å². The predicted octanol–water partition coefficient (Wildman–Crippen LogP) is 3.24. The van der Waals surface area contributed by atoms with Crippen molar-refractivity contribution >= 4 is 12.0 Å². The Bertz CT molecular complexity index is 317. The molecule has 0 unspecified atom stereocenters. The molecule has 1 aliphatic carbocycles. The summed E-state index contributed by atoms with van der Waals surface area (Å²) in [6.45, 7) is 5.88. The zero-order valence-electron chi connectivity index (χ0n) is 13.4. The van der Waals surface area contributed by atoms with Gasteiger partial charge in [-0.2, -0.15) is 0 Å². The van der Waals surface area contributed by atoms with Crippen LogP contribution < -0.4 is 5.32 Å². The zero-order valence-corrected chi connectivity index (χ0v) is 13.4. The lowest BCUT2D eigenvalue weighted by molar-refractivity contribution is -0.142. The molecule has 2 N–H and O–H groups in total. The molecule has 0 heterocycles. The number of carbonyl (C=O) groups excluding carboxylic acids is 1. The Morgan fingerprint density at radius 3 is 2.00 bits per heavy atom. The minimum atomic E-state index is -0.702. The van der Waals surface area contributed by atoms with Gasteiger partial charge >= 0.3 is 12.0 Å². The number of hydrogen-bond donors (Lipinski definition) is 2. The van der Waals surface area contributed by atoms with Gasteiger partial charge in [-0.25, -0.2) is 4.79 Å². The number of carboxylic acid groups (broad SMARTS) is 1. The number of aliphatic carboxylic acids is 1. The molecule has 1 saturated carbocycles. The van der Waals surface area contributed by atoms with E-state index in [0.717, 1.165) is 51.6 Å². The number of rotatable bonds is 8. The zero-order chi connectivity index (χ0) is 15.7. The van der Waals surface area contributed by atoms with E-state index in [2.05, 4.69) is 19.2 Å². The van der Waals surface area contributed by atoms with Crippen molar-refractivity contribution < 1.29 is 14.7 Å². The Hall–Kier alpha value is -1.26. The fraction of sp³-hybridized carbons (Fsp3) is 0.875. The molecular formula is C16H30N2O3. The number of urea groups is 1. The van der Waals surface area contributed by atoms with Gasteiger partial charge in [-0.05, 0) is 38.5 Å². The molecule has 1 aliphatic rings. The Morgan fingerprint density at radius 2 is 1.57 bits per heavy atom. The Morgan fingerprint density at radius 1 is 1.05 bits per heavy atom. The van der Waals surface area contributed by atoms with Gasteiger partial charge in [0.15, 0.2) is 0 Å². The molecule has 0 aromatic carbocycles. The lowest BCUT2D eigenvalue weighted by Crippen LogP contribution is -2.47. The summed E-state index contributed by atoms with van der Waals surface area (Å²) >= 11 is 0. The highest BCUT2D eigenvalue weighted by Crippen LogP contribution is 2.24. The average molecular weight is 298 g/mol. The van der Waals surface area contributed by atoms with E-state index in [1.54, 1.807) is 0 Å². The molecule has 122 valence electrons. The van der Waals surface area contributed by atoms with E-state index in [0.29, 0.717) is 12.8 Å². The van der Waals surface area contributed by atoms with E-state index in [1.807, 2.05) is 4.90 Å². The van der Waals surface area contributed by atoms with Gasteiger partial charge in [0.1, 0.15) is 0 Å². The molecule has 0 aromatic rings. The number of carboxylic acids is 1. The lowest BCUT2D eigenvalue weighted by atomic mass is 9.86. The highest BCUT2D eigenvalue weighted by Gasteiger charge is 2.27. The van der Waals surface area contributed by atoms with Gasteiger partial charge in [0.25, 0.3) is 0 Å². The van der Waals surface area contributed by atoms with Crippen molar-refractivity contribution in [2.75, 3.05) is 13.1 Å². The minimum Gasteiger partial charge on any atom is -0.481 e. The van der Waals surface area contributed by atoms with Gasteiger partial charge in [0.05, 0.1) is 5.92 Å². The van der Waals surface area contributed by atoms with Crippen molar-refractivity contribution in [1.82, 2.24) is 10.2 Å². The fourth-order valence-electron chi connectivity index (χ4n) is 2.76. The van der Waals surface area contributed by atoms with Crippen molar-refractivity contribution in [3.05, 3.63) is 0 Å². The number of nitrogens with zero attached hydrogens (tertiary/aromatic N) is 1. The predicted molar refractivity (Wildman–Crippen MR) is 83.3 cm³/mol. The number of hydrogen-bond acceptors (Lipinski definition) is 2. The van der Waals surface area contributed by atoms with Crippen molar-refractivity contribution in [2.45, 2.75) is 71.3 Å². The second-order valence-electron chi connectivity index (χ2n) is 6.03. The summed E-state index contributed by atoms with van der Waals surface area (Å²) in [7, 11) is 0. The average Bonchev–Trinajstić information content (AvgIpc) is 2.47. The van der Waals surface area contributed by atoms with E-state index in [-0.39, 0.29) is 18.0 Å². The third kappa shape index (κ3) is 6.36. The first-order chi connectivity index (χ1) is 10.1. The highest BCUT2D eigenvalue weighted by atomic mass is 16.4. The van der Waals surface area contributed by atoms with E-state index < -0.39 is 5.97 Å². The second kappa shape index (κ2) is 9.64. The van der Waals surface area contributed by atoms with Gasteiger partial charge in [0.2, 0.25) is 0 Å². The van der Waals surface area contributed by atoms with Crippen LogP contribution in [0.3, 0.4) is 0 Å². The van der Waals surface area contributed by atoms with Crippen LogP contribution >= 0.6 is 0 Å². The van der Waals surface area contributed by atoms with E-state index in [1.165, 1.54) is 0 Å². The van der Waals surface area contributed by atoms with Crippen molar-refractivity contribution in [1.29, 1.82) is 0 Å².